The number of nitrogens with zero attached hydrogens (tertiary/aromatic N) is 3. The number of nitrogens with one attached hydrogen (secondary N) is 1. The molecule has 0 spiro atoms. The molecule has 3 aromatic carbocycles. The molecular weight excluding hydrogens is 544 g/mol. The monoisotopic (exact) mass is 580 g/mol. The van der Waals surface area contributed by atoms with Crippen LogP contribution in [0.5, 0.6) is 0 Å². The van der Waals surface area contributed by atoms with Crippen molar-refractivity contribution in [2.75, 3.05) is 17.4 Å². The number of sulfonamides is 1. The summed E-state index contributed by atoms with van der Waals surface area (Å²) in [6, 6.07) is 19.3. The minimum Gasteiger partial charge on any atom is -0.354 e. The summed E-state index contributed by atoms with van der Waals surface area (Å²) < 4.78 is 28.5. The predicted molar refractivity (Wildman–Crippen MR) is 158 cm³/mol. The van der Waals surface area contributed by atoms with Gasteiger partial charge >= 0.3 is 0 Å². The van der Waals surface area contributed by atoms with Crippen molar-refractivity contribution in [3.05, 3.63) is 100 Å². The molecule has 0 aliphatic rings. The highest BCUT2D eigenvalue weighted by Crippen LogP contribution is 2.26. The van der Waals surface area contributed by atoms with Gasteiger partial charge in [0.15, 0.2) is 0 Å². The second-order valence-electron chi connectivity index (χ2n) is 9.67. The molecule has 0 radical (unpaired) electrons. The largest absolute Gasteiger partial charge is 0.354 e. The Kier molecular flexibility index (Phi) is 11.0. The molecule has 41 heavy (non-hydrogen) atoms. The van der Waals surface area contributed by atoms with E-state index < -0.39 is 33.4 Å². The van der Waals surface area contributed by atoms with Crippen molar-refractivity contribution in [1.82, 2.24) is 10.2 Å². The summed E-state index contributed by atoms with van der Waals surface area (Å²) in [5.74, 6) is -0.893. The molecule has 0 aliphatic heterocycles. The Labute approximate surface area is 241 Å². The molecule has 1 N–H and O–H groups in total. The van der Waals surface area contributed by atoms with Gasteiger partial charge in [-0.25, -0.2) is 8.42 Å². The van der Waals surface area contributed by atoms with Crippen molar-refractivity contribution in [1.29, 1.82) is 0 Å². The molecule has 0 saturated carbocycles. The molecule has 0 heterocycles. The van der Waals surface area contributed by atoms with Crippen molar-refractivity contribution in [3.8, 4) is 0 Å². The molecule has 0 aromatic heterocycles. The normalized spacial score (nSPS) is 11.9. The van der Waals surface area contributed by atoms with Crippen LogP contribution in [0.4, 0.5) is 11.4 Å². The number of amides is 2. The lowest BCUT2D eigenvalue weighted by molar-refractivity contribution is -0.384. The number of aryl methyl sites for hydroxylation is 1. The van der Waals surface area contributed by atoms with Gasteiger partial charge in [0, 0.05) is 25.2 Å². The van der Waals surface area contributed by atoms with Gasteiger partial charge in [-0.3, -0.25) is 24.0 Å². The minimum atomic E-state index is -4.25. The van der Waals surface area contributed by atoms with Crippen molar-refractivity contribution >= 4 is 33.2 Å². The fourth-order valence-corrected chi connectivity index (χ4v) is 5.74. The Bertz CT molecular complexity index is 1430. The van der Waals surface area contributed by atoms with Crippen LogP contribution in [-0.2, 0) is 26.2 Å². The van der Waals surface area contributed by atoms with E-state index in [9.17, 15) is 28.1 Å². The van der Waals surface area contributed by atoms with Gasteiger partial charge in [-0.05, 0) is 49.6 Å². The first kappa shape index (κ1) is 31.3. The SMILES string of the molecule is CCCCNC(=O)C(CC)N(Cc1ccc(C)cc1)C(=O)CN(c1ccc([N+](=O)[O-])cc1)S(=O)(=O)c1ccccc1. The number of unbranched alkanes of at least 4 members (excludes halogenated alkanes) is 1. The van der Waals surface area contributed by atoms with E-state index in [1.807, 2.05) is 38.1 Å². The van der Waals surface area contributed by atoms with Gasteiger partial charge in [-0.2, -0.15) is 0 Å². The summed E-state index contributed by atoms with van der Waals surface area (Å²) >= 11 is 0. The quantitative estimate of drug-likeness (QED) is 0.165. The van der Waals surface area contributed by atoms with Gasteiger partial charge < -0.3 is 10.2 Å². The summed E-state index contributed by atoms with van der Waals surface area (Å²) in [6.45, 7) is 5.71. The first-order chi connectivity index (χ1) is 19.6. The fourth-order valence-electron chi connectivity index (χ4n) is 4.30. The van der Waals surface area contributed by atoms with Crippen LogP contribution in [0.3, 0.4) is 0 Å². The Morgan fingerprint density at radius 1 is 0.951 bits per heavy atom. The highest BCUT2D eigenvalue weighted by atomic mass is 32.2. The lowest BCUT2D eigenvalue weighted by Gasteiger charge is -2.33. The Morgan fingerprint density at radius 3 is 2.15 bits per heavy atom. The van der Waals surface area contributed by atoms with Crippen LogP contribution >= 0.6 is 0 Å². The maximum Gasteiger partial charge on any atom is 0.269 e. The van der Waals surface area contributed by atoms with Crippen LogP contribution in [0.1, 0.15) is 44.2 Å². The summed E-state index contributed by atoms with van der Waals surface area (Å²) in [6.07, 6.45) is 2.00. The number of non-ortho nitro benzene ring substituents is 1. The standard InChI is InChI=1S/C30H36N4O6S/c1-4-6-20-31-30(36)28(5-2)32(21-24-14-12-23(3)13-15-24)29(35)22-33(25-16-18-26(19-17-25)34(37)38)41(39,40)27-10-8-7-9-11-27/h7-19,28H,4-6,20-22H2,1-3H3,(H,31,36). The fraction of sp³-hybridized carbons (Fsp3) is 0.333. The third-order valence-corrected chi connectivity index (χ3v) is 8.44. The maximum atomic E-state index is 14.0. The van der Waals surface area contributed by atoms with Crippen molar-refractivity contribution in [3.63, 3.8) is 0 Å². The molecule has 3 rings (SSSR count). The van der Waals surface area contributed by atoms with E-state index in [2.05, 4.69) is 5.32 Å². The number of hydrogen-bond acceptors (Lipinski definition) is 6. The summed E-state index contributed by atoms with van der Waals surface area (Å²) in [5.41, 5.74) is 1.70. The third-order valence-electron chi connectivity index (χ3n) is 6.65. The van der Waals surface area contributed by atoms with Crippen LogP contribution in [0.15, 0.2) is 83.8 Å². The average molecular weight is 581 g/mol. The van der Waals surface area contributed by atoms with Crippen LogP contribution in [0, 0.1) is 17.0 Å². The molecule has 1 atom stereocenters. The number of carbonyl (C=O) groups excluding carboxylic acids is 2. The zero-order valence-electron chi connectivity index (χ0n) is 23.5. The van der Waals surface area contributed by atoms with Gasteiger partial charge in [0.25, 0.3) is 15.7 Å². The predicted octanol–water partition coefficient (Wildman–Crippen LogP) is 4.82. The molecule has 10 nitrogen and oxygen atoms in total. The van der Waals surface area contributed by atoms with E-state index in [0.717, 1.165) is 28.3 Å². The van der Waals surface area contributed by atoms with Gasteiger partial charge in [-0.1, -0.05) is 68.3 Å². The minimum absolute atomic E-state index is 0.0411. The molecule has 0 aliphatic carbocycles. The molecule has 0 bridgehead atoms. The molecule has 11 heteroatoms. The molecule has 2 amide bonds. The van der Waals surface area contributed by atoms with E-state index in [0.29, 0.717) is 13.0 Å². The van der Waals surface area contributed by atoms with Crippen LogP contribution in [0.25, 0.3) is 0 Å². The Morgan fingerprint density at radius 2 is 1.59 bits per heavy atom. The molecular formula is C30H36N4O6S. The molecule has 0 fully saturated rings. The highest BCUT2D eigenvalue weighted by Gasteiger charge is 2.33. The van der Waals surface area contributed by atoms with Gasteiger partial charge in [0.2, 0.25) is 11.8 Å². The second-order valence-corrected chi connectivity index (χ2v) is 11.5. The van der Waals surface area contributed by atoms with Crippen molar-refractivity contribution in [2.24, 2.45) is 0 Å². The lowest BCUT2D eigenvalue weighted by Crippen LogP contribution is -2.52. The van der Waals surface area contributed by atoms with E-state index in [-0.39, 0.29) is 28.7 Å². The second kappa shape index (κ2) is 14.4. The van der Waals surface area contributed by atoms with Gasteiger partial charge in [0.05, 0.1) is 15.5 Å². The van der Waals surface area contributed by atoms with Crippen LogP contribution < -0.4 is 9.62 Å². The van der Waals surface area contributed by atoms with Crippen LogP contribution in [-0.4, -0.2) is 49.2 Å². The van der Waals surface area contributed by atoms with Crippen molar-refractivity contribution in [2.45, 2.75) is 57.5 Å². The van der Waals surface area contributed by atoms with E-state index >= 15 is 0 Å². The van der Waals surface area contributed by atoms with Crippen molar-refractivity contribution < 1.29 is 22.9 Å². The number of carbonyl (C=O) groups is 2. The summed E-state index contributed by atoms with van der Waals surface area (Å²) in [4.78, 5) is 39.2. The zero-order valence-corrected chi connectivity index (χ0v) is 24.3. The van der Waals surface area contributed by atoms with E-state index in [1.165, 1.54) is 41.3 Å². The zero-order chi connectivity index (χ0) is 30.0. The Hall–Kier alpha value is -4.25. The molecule has 3 aromatic rings. The molecule has 0 saturated heterocycles. The number of hydrogen-bond donors (Lipinski definition) is 1. The smallest absolute Gasteiger partial charge is 0.269 e. The maximum absolute atomic E-state index is 14.0. The van der Waals surface area contributed by atoms with Gasteiger partial charge in [-0.15, -0.1) is 0 Å². The number of rotatable bonds is 14. The lowest BCUT2D eigenvalue weighted by atomic mass is 10.1. The molecule has 1 unspecified atom stereocenters. The number of anilines is 1. The van der Waals surface area contributed by atoms with E-state index in [1.54, 1.807) is 25.1 Å². The highest BCUT2D eigenvalue weighted by molar-refractivity contribution is 7.92. The average Bonchev–Trinajstić information content (AvgIpc) is 2.97. The number of nitro groups is 1. The first-order valence-corrected chi connectivity index (χ1v) is 15.0. The van der Waals surface area contributed by atoms with Crippen LogP contribution in [0.2, 0.25) is 0 Å². The van der Waals surface area contributed by atoms with Gasteiger partial charge in [0.1, 0.15) is 12.6 Å². The van der Waals surface area contributed by atoms with E-state index in [4.69, 9.17) is 0 Å². The number of nitro benzene ring substituents is 1. The third kappa shape index (κ3) is 8.14. The summed E-state index contributed by atoms with van der Waals surface area (Å²) in [7, 11) is -4.25. The Balaban J connectivity index is 2.03. The number of benzene rings is 3. The first-order valence-electron chi connectivity index (χ1n) is 13.5. The molecule has 218 valence electrons. The topological polar surface area (TPSA) is 130 Å². The summed E-state index contributed by atoms with van der Waals surface area (Å²) in [5, 5.41) is 14.1.